The number of aliphatic hydroxyl groups is 1. The molecule has 19 heavy (non-hydrogen) atoms. The lowest BCUT2D eigenvalue weighted by atomic mass is 10.0. The minimum absolute atomic E-state index is 0.150. The van der Waals surface area contributed by atoms with Crippen molar-refractivity contribution in [2.75, 3.05) is 13.7 Å². The zero-order chi connectivity index (χ0) is 13.5. The zero-order valence-electron chi connectivity index (χ0n) is 11.0. The van der Waals surface area contributed by atoms with E-state index in [1.54, 1.807) is 7.11 Å². The Morgan fingerprint density at radius 3 is 2.32 bits per heavy atom. The Balaban J connectivity index is 2.29. The van der Waals surface area contributed by atoms with E-state index in [9.17, 15) is 5.11 Å². The van der Waals surface area contributed by atoms with Gasteiger partial charge in [-0.2, -0.15) is 0 Å². The number of hydrogen-bond acceptors (Lipinski definition) is 2. The Labute approximate surface area is 114 Å². The van der Waals surface area contributed by atoms with Crippen LogP contribution >= 0.6 is 0 Å². The Morgan fingerprint density at radius 1 is 1.05 bits per heavy atom. The fourth-order valence-corrected chi connectivity index (χ4v) is 1.97. The molecular weight excluding hydrogens is 236 g/mol. The standard InChI is InChI=1S/C17H18O2/c1-19-17-9-7-14(8-10-17)13-16(11-12-18)15-5-3-2-4-6-15/h2-10,13,18H,11-12H2,1H3/b16-13-. The molecule has 0 saturated carbocycles. The van der Waals surface area contributed by atoms with E-state index in [4.69, 9.17) is 4.74 Å². The summed E-state index contributed by atoms with van der Waals surface area (Å²) in [5, 5.41) is 9.20. The molecular formula is C17H18O2. The van der Waals surface area contributed by atoms with Gasteiger partial charge in [0.1, 0.15) is 5.75 Å². The van der Waals surface area contributed by atoms with Crippen LogP contribution in [0.1, 0.15) is 17.5 Å². The van der Waals surface area contributed by atoms with Crippen LogP contribution in [0, 0.1) is 0 Å². The average Bonchev–Trinajstić information content (AvgIpc) is 2.48. The van der Waals surface area contributed by atoms with Gasteiger partial charge < -0.3 is 9.84 Å². The summed E-state index contributed by atoms with van der Waals surface area (Å²) in [4.78, 5) is 0. The van der Waals surface area contributed by atoms with Gasteiger partial charge in [0.2, 0.25) is 0 Å². The molecule has 0 aliphatic rings. The minimum atomic E-state index is 0.150. The van der Waals surface area contributed by atoms with Crippen LogP contribution in [0.4, 0.5) is 0 Å². The van der Waals surface area contributed by atoms with Gasteiger partial charge in [0.15, 0.2) is 0 Å². The highest BCUT2D eigenvalue weighted by molar-refractivity contribution is 5.81. The molecule has 2 rings (SSSR count). The van der Waals surface area contributed by atoms with Crippen molar-refractivity contribution in [3.8, 4) is 5.75 Å². The number of methoxy groups -OCH3 is 1. The molecule has 0 heterocycles. The smallest absolute Gasteiger partial charge is 0.118 e. The molecule has 0 bridgehead atoms. The fourth-order valence-electron chi connectivity index (χ4n) is 1.97. The largest absolute Gasteiger partial charge is 0.497 e. The van der Waals surface area contributed by atoms with E-state index >= 15 is 0 Å². The maximum atomic E-state index is 9.20. The Hall–Kier alpha value is -2.06. The summed E-state index contributed by atoms with van der Waals surface area (Å²) in [7, 11) is 1.66. The Morgan fingerprint density at radius 2 is 1.74 bits per heavy atom. The lowest BCUT2D eigenvalue weighted by Gasteiger charge is -2.07. The second-order valence-electron chi connectivity index (χ2n) is 4.28. The SMILES string of the molecule is COc1ccc(/C=C(/CCO)c2ccccc2)cc1. The Kier molecular flexibility index (Phi) is 4.76. The van der Waals surface area contributed by atoms with E-state index in [0.29, 0.717) is 6.42 Å². The predicted octanol–water partition coefficient (Wildman–Crippen LogP) is 3.62. The van der Waals surface area contributed by atoms with Crippen molar-refractivity contribution >= 4 is 11.6 Å². The van der Waals surface area contributed by atoms with Crippen LogP contribution in [0.15, 0.2) is 54.6 Å². The molecule has 0 unspecified atom stereocenters. The number of benzene rings is 2. The summed E-state index contributed by atoms with van der Waals surface area (Å²) >= 11 is 0. The second-order valence-corrected chi connectivity index (χ2v) is 4.28. The van der Waals surface area contributed by atoms with Crippen LogP contribution in [0.2, 0.25) is 0 Å². The summed E-state index contributed by atoms with van der Waals surface area (Å²) in [6, 6.07) is 18.0. The molecule has 0 aliphatic heterocycles. The maximum absolute atomic E-state index is 9.20. The quantitative estimate of drug-likeness (QED) is 0.826. The molecule has 0 spiro atoms. The topological polar surface area (TPSA) is 29.5 Å². The number of rotatable bonds is 5. The van der Waals surface area contributed by atoms with Gasteiger partial charge in [-0.1, -0.05) is 48.5 Å². The zero-order valence-corrected chi connectivity index (χ0v) is 11.0. The fraction of sp³-hybridized carbons (Fsp3) is 0.176. The van der Waals surface area contributed by atoms with Gasteiger partial charge >= 0.3 is 0 Å². The van der Waals surface area contributed by atoms with E-state index < -0.39 is 0 Å². The van der Waals surface area contributed by atoms with E-state index in [-0.39, 0.29) is 6.61 Å². The van der Waals surface area contributed by atoms with Crippen molar-refractivity contribution < 1.29 is 9.84 Å². The highest BCUT2D eigenvalue weighted by Crippen LogP contribution is 2.22. The molecule has 0 aromatic heterocycles. The monoisotopic (exact) mass is 254 g/mol. The first-order valence-electron chi connectivity index (χ1n) is 6.34. The van der Waals surface area contributed by atoms with Crippen molar-refractivity contribution in [3.05, 3.63) is 65.7 Å². The third-order valence-corrected chi connectivity index (χ3v) is 2.98. The van der Waals surface area contributed by atoms with E-state index in [0.717, 1.165) is 22.4 Å². The molecule has 0 atom stereocenters. The third kappa shape index (κ3) is 3.70. The highest BCUT2D eigenvalue weighted by Gasteiger charge is 2.01. The molecule has 98 valence electrons. The first-order valence-corrected chi connectivity index (χ1v) is 6.34. The minimum Gasteiger partial charge on any atom is -0.497 e. The molecule has 2 aromatic carbocycles. The third-order valence-electron chi connectivity index (χ3n) is 2.98. The number of hydrogen-bond donors (Lipinski definition) is 1. The summed E-state index contributed by atoms with van der Waals surface area (Å²) < 4.78 is 5.15. The van der Waals surface area contributed by atoms with Gasteiger partial charge in [0, 0.05) is 6.61 Å². The molecule has 2 nitrogen and oxygen atoms in total. The van der Waals surface area contributed by atoms with Gasteiger partial charge in [-0.3, -0.25) is 0 Å². The van der Waals surface area contributed by atoms with Crippen molar-refractivity contribution in [3.63, 3.8) is 0 Å². The summed E-state index contributed by atoms with van der Waals surface area (Å²) in [6.07, 6.45) is 2.75. The van der Waals surface area contributed by atoms with Crippen molar-refractivity contribution in [2.24, 2.45) is 0 Å². The summed E-state index contributed by atoms with van der Waals surface area (Å²) in [5.74, 6) is 0.848. The van der Waals surface area contributed by atoms with Crippen LogP contribution in [0.25, 0.3) is 11.6 Å². The van der Waals surface area contributed by atoms with Crippen molar-refractivity contribution in [1.82, 2.24) is 0 Å². The summed E-state index contributed by atoms with van der Waals surface area (Å²) in [6.45, 7) is 0.150. The second kappa shape index (κ2) is 6.76. The van der Waals surface area contributed by atoms with Crippen molar-refractivity contribution in [1.29, 1.82) is 0 Å². The lowest BCUT2D eigenvalue weighted by molar-refractivity contribution is 0.305. The van der Waals surface area contributed by atoms with Gasteiger partial charge in [0.05, 0.1) is 7.11 Å². The highest BCUT2D eigenvalue weighted by atomic mass is 16.5. The normalized spacial score (nSPS) is 11.4. The summed E-state index contributed by atoms with van der Waals surface area (Å²) in [5.41, 5.74) is 3.38. The molecule has 2 aromatic rings. The Bertz CT molecular complexity index is 527. The molecule has 0 saturated heterocycles. The first kappa shape index (κ1) is 13.4. The average molecular weight is 254 g/mol. The molecule has 0 fully saturated rings. The van der Waals surface area contributed by atoms with E-state index in [2.05, 4.69) is 18.2 Å². The number of aliphatic hydroxyl groups excluding tert-OH is 1. The van der Waals surface area contributed by atoms with E-state index in [1.165, 1.54) is 0 Å². The first-order chi connectivity index (χ1) is 9.33. The van der Waals surface area contributed by atoms with Gasteiger partial charge in [0.25, 0.3) is 0 Å². The van der Waals surface area contributed by atoms with Crippen LogP contribution in [0.3, 0.4) is 0 Å². The predicted molar refractivity (Wildman–Crippen MR) is 79.0 cm³/mol. The molecule has 0 aliphatic carbocycles. The molecule has 0 radical (unpaired) electrons. The maximum Gasteiger partial charge on any atom is 0.118 e. The molecule has 0 amide bonds. The van der Waals surface area contributed by atoms with Crippen LogP contribution < -0.4 is 4.74 Å². The molecule has 1 N–H and O–H groups in total. The van der Waals surface area contributed by atoms with Gasteiger partial charge in [-0.25, -0.2) is 0 Å². The van der Waals surface area contributed by atoms with Crippen LogP contribution in [0.5, 0.6) is 5.75 Å². The van der Waals surface area contributed by atoms with Crippen LogP contribution in [-0.4, -0.2) is 18.8 Å². The van der Waals surface area contributed by atoms with Gasteiger partial charge in [-0.15, -0.1) is 0 Å². The number of ether oxygens (including phenoxy) is 1. The van der Waals surface area contributed by atoms with Crippen LogP contribution in [-0.2, 0) is 0 Å². The lowest BCUT2D eigenvalue weighted by Crippen LogP contribution is -1.89. The van der Waals surface area contributed by atoms with E-state index in [1.807, 2.05) is 42.5 Å². The molecule has 2 heteroatoms. The van der Waals surface area contributed by atoms with Gasteiger partial charge in [-0.05, 0) is 35.3 Å². The van der Waals surface area contributed by atoms with Crippen molar-refractivity contribution in [2.45, 2.75) is 6.42 Å².